The Morgan fingerprint density at radius 2 is 2.10 bits per heavy atom. The summed E-state index contributed by atoms with van der Waals surface area (Å²) >= 11 is 7.57. The van der Waals surface area contributed by atoms with Crippen molar-refractivity contribution < 1.29 is 14.3 Å². The Hall–Kier alpha value is -2.50. The SMILES string of the molecule is CCOC(=O)c1ccccc1NC(=O)CSc1nc2c(sc(=S)n2CC)c(=O)[nH]1. The topological polar surface area (TPSA) is 106 Å². The summed E-state index contributed by atoms with van der Waals surface area (Å²) in [6, 6.07) is 6.62. The lowest BCUT2D eigenvalue weighted by molar-refractivity contribution is -0.113. The average molecular weight is 451 g/mol. The molecule has 0 saturated carbocycles. The number of thioether (sulfide) groups is 1. The van der Waals surface area contributed by atoms with Gasteiger partial charge in [-0.1, -0.05) is 35.2 Å². The van der Waals surface area contributed by atoms with Crippen LogP contribution in [0.4, 0.5) is 5.69 Å². The second-order valence-corrected chi connectivity index (χ2v) is 8.35. The van der Waals surface area contributed by atoms with Gasteiger partial charge in [-0.2, -0.15) is 0 Å². The van der Waals surface area contributed by atoms with Crippen LogP contribution in [0.3, 0.4) is 0 Å². The van der Waals surface area contributed by atoms with Crippen LogP contribution in [0.2, 0.25) is 0 Å². The third-order valence-corrected chi connectivity index (χ3v) is 6.17. The molecule has 0 unspecified atom stereocenters. The molecule has 0 fully saturated rings. The monoisotopic (exact) mass is 450 g/mol. The van der Waals surface area contributed by atoms with Crippen LogP contribution in [0.5, 0.6) is 0 Å². The first-order valence-electron chi connectivity index (χ1n) is 8.77. The van der Waals surface area contributed by atoms with Crippen LogP contribution in [0, 0.1) is 3.95 Å². The number of ether oxygens (including phenoxy) is 1. The molecule has 152 valence electrons. The number of aromatic nitrogens is 3. The smallest absolute Gasteiger partial charge is 0.340 e. The Kier molecular flexibility index (Phi) is 6.83. The summed E-state index contributed by atoms with van der Waals surface area (Å²) in [5.41, 5.74) is 0.877. The number of rotatable bonds is 7. The standard InChI is InChI=1S/C18H18N4O4S3/c1-3-22-14-13(29-18(22)27)15(24)21-17(20-14)28-9-12(23)19-11-8-6-5-7-10(11)16(25)26-4-2/h5-8H,3-4,9H2,1-2H3,(H,19,23)(H,20,21,24). The fourth-order valence-electron chi connectivity index (χ4n) is 2.58. The minimum absolute atomic E-state index is 0.00258. The zero-order valence-electron chi connectivity index (χ0n) is 15.7. The van der Waals surface area contributed by atoms with Crippen LogP contribution in [0.15, 0.2) is 34.2 Å². The van der Waals surface area contributed by atoms with Gasteiger partial charge in [0.05, 0.1) is 23.6 Å². The quantitative estimate of drug-likeness (QED) is 0.246. The molecule has 29 heavy (non-hydrogen) atoms. The lowest BCUT2D eigenvalue weighted by atomic mass is 10.2. The predicted molar refractivity (Wildman–Crippen MR) is 116 cm³/mol. The number of carbonyl (C=O) groups excluding carboxylic acids is 2. The lowest BCUT2D eigenvalue weighted by Gasteiger charge is -2.10. The fourth-order valence-corrected chi connectivity index (χ4v) is 4.59. The third kappa shape index (κ3) is 4.74. The molecular weight excluding hydrogens is 432 g/mol. The first-order chi connectivity index (χ1) is 13.9. The van der Waals surface area contributed by atoms with Gasteiger partial charge in [-0.15, -0.1) is 0 Å². The normalized spacial score (nSPS) is 10.8. The average Bonchev–Trinajstić information content (AvgIpc) is 3.02. The molecule has 0 atom stereocenters. The van der Waals surface area contributed by atoms with Crippen LogP contribution in [-0.4, -0.2) is 38.8 Å². The Bertz CT molecular complexity index is 1180. The van der Waals surface area contributed by atoms with Gasteiger partial charge < -0.3 is 19.6 Å². The maximum Gasteiger partial charge on any atom is 0.340 e. The number of hydrogen-bond acceptors (Lipinski definition) is 8. The first kappa shape index (κ1) is 21.2. The van der Waals surface area contributed by atoms with Gasteiger partial charge in [0, 0.05) is 6.54 Å². The summed E-state index contributed by atoms with van der Waals surface area (Å²) in [5, 5.41) is 3.02. The number of para-hydroxylation sites is 1. The van der Waals surface area contributed by atoms with Gasteiger partial charge in [-0.3, -0.25) is 9.59 Å². The molecule has 11 heteroatoms. The van der Waals surface area contributed by atoms with Crippen LogP contribution in [0.1, 0.15) is 24.2 Å². The molecule has 3 aromatic rings. The van der Waals surface area contributed by atoms with E-state index in [1.54, 1.807) is 35.8 Å². The van der Waals surface area contributed by atoms with Crippen molar-refractivity contribution in [2.24, 2.45) is 0 Å². The van der Waals surface area contributed by atoms with E-state index in [-0.39, 0.29) is 29.4 Å². The number of nitrogens with zero attached hydrogens (tertiary/aromatic N) is 2. The Balaban J connectivity index is 1.74. The number of nitrogens with one attached hydrogen (secondary N) is 2. The van der Waals surface area contributed by atoms with Crippen LogP contribution in [-0.2, 0) is 16.1 Å². The maximum absolute atomic E-state index is 12.4. The number of aryl methyl sites for hydroxylation is 1. The molecule has 2 aromatic heterocycles. The van der Waals surface area contributed by atoms with E-state index in [4.69, 9.17) is 17.0 Å². The molecule has 2 N–H and O–H groups in total. The molecule has 0 aliphatic heterocycles. The minimum Gasteiger partial charge on any atom is -0.462 e. The van der Waals surface area contributed by atoms with Gasteiger partial charge in [-0.05, 0) is 38.2 Å². The molecule has 0 bridgehead atoms. The zero-order valence-corrected chi connectivity index (χ0v) is 18.1. The summed E-state index contributed by atoms with van der Waals surface area (Å²) in [4.78, 5) is 43.8. The molecule has 3 rings (SSSR count). The zero-order chi connectivity index (χ0) is 21.0. The number of esters is 1. The summed E-state index contributed by atoms with van der Waals surface area (Å²) in [6.07, 6.45) is 0. The largest absolute Gasteiger partial charge is 0.462 e. The molecule has 0 aliphatic rings. The van der Waals surface area contributed by atoms with Crippen molar-refractivity contribution in [1.29, 1.82) is 0 Å². The molecule has 8 nitrogen and oxygen atoms in total. The van der Waals surface area contributed by atoms with E-state index >= 15 is 0 Å². The van der Waals surface area contributed by atoms with Crippen molar-refractivity contribution in [3.05, 3.63) is 44.1 Å². The van der Waals surface area contributed by atoms with Crippen molar-refractivity contribution >= 4 is 63.2 Å². The Morgan fingerprint density at radius 1 is 1.34 bits per heavy atom. The molecular formula is C18H18N4O4S3. The van der Waals surface area contributed by atoms with Crippen molar-refractivity contribution in [2.45, 2.75) is 25.5 Å². The number of thiazole rings is 1. The summed E-state index contributed by atoms with van der Waals surface area (Å²) in [5.74, 6) is -0.844. The minimum atomic E-state index is -0.506. The van der Waals surface area contributed by atoms with Gasteiger partial charge >= 0.3 is 5.97 Å². The van der Waals surface area contributed by atoms with E-state index in [0.717, 1.165) is 11.8 Å². The Labute approximate surface area is 179 Å². The number of aromatic amines is 1. The van der Waals surface area contributed by atoms with Gasteiger partial charge in [-0.25, -0.2) is 9.78 Å². The number of carbonyl (C=O) groups is 2. The third-order valence-electron chi connectivity index (χ3n) is 3.86. The van der Waals surface area contributed by atoms with Crippen molar-refractivity contribution in [2.75, 3.05) is 17.7 Å². The number of benzene rings is 1. The predicted octanol–water partition coefficient (Wildman–Crippen LogP) is 3.44. The van der Waals surface area contributed by atoms with Gasteiger partial charge in [0.1, 0.15) is 4.70 Å². The first-order valence-corrected chi connectivity index (χ1v) is 11.0. The van der Waals surface area contributed by atoms with E-state index in [2.05, 4.69) is 15.3 Å². The Morgan fingerprint density at radius 3 is 2.83 bits per heavy atom. The van der Waals surface area contributed by atoms with Crippen molar-refractivity contribution in [3.63, 3.8) is 0 Å². The van der Waals surface area contributed by atoms with Crippen LogP contribution < -0.4 is 10.9 Å². The number of hydrogen-bond donors (Lipinski definition) is 2. The van der Waals surface area contributed by atoms with Crippen molar-refractivity contribution in [3.8, 4) is 0 Å². The van der Waals surface area contributed by atoms with Gasteiger partial charge in [0.25, 0.3) is 5.56 Å². The highest BCUT2D eigenvalue weighted by molar-refractivity contribution is 7.99. The number of anilines is 1. The molecule has 0 saturated heterocycles. The number of fused-ring (bicyclic) bond motifs is 1. The summed E-state index contributed by atoms with van der Waals surface area (Å²) in [7, 11) is 0. The fraction of sp³-hybridized carbons (Fsp3) is 0.278. The van der Waals surface area contributed by atoms with Crippen molar-refractivity contribution in [1.82, 2.24) is 14.5 Å². The highest BCUT2D eigenvalue weighted by Crippen LogP contribution is 2.21. The molecule has 1 aromatic carbocycles. The van der Waals surface area contributed by atoms with E-state index in [9.17, 15) is 14.4 Å². The molecule has 0 spiro atoms. The summed E-state index contributed by atoms with van der Waals surface area (Å²) in [6.45, 7) is 4.48. The molecule has 0 radical (unpaired) electrons. The van der Waals surface area contributed by atoms with Crippen LogP contribution >= 0.6 is 35.3 Å². The molecule has 0 aliphatic carbocycles. The van der Waals surface area contributed by atoms with E-state index in [1.165, 1.54) is 11.3 Å². The molecule has 2 heterocycles. The number of H-pyrrole nitrogens is 1. The van der Waals surface area contributed by atoms with E-state index < -0.39 is 5.97 Å². The molecule has 1 amide bonds. The number of amides is 1. The summed E-state index contributed by atoms with van der Waals surface area (Å²) < 4.78 is 7.83. The highest BCUT2D eigenvalue weighted by atomic mass is 32.2. The lowest BCUT2D eigenvalue weighted by Crippen LogP contribution is -2.18. The highest BCUT2D eigenvalue weighted by Gasteiger charge is 2.15. The van der Waals surface area contributed by atoms with Crippen LogP contribution in [0.25, 0.3) is 10.3 Å². The van der Waals surface area contributed by atoms with E-state index in [0.29, 0.717) is 31.7 Å². The van der Waals surface area contributed by atoms with E-state index in [1.807, 2.05) is 6.92 Å². The second-order valence-electron chi connectivity index (χ2n) is 5.74. The van der Waals surface area contributed by atoms with Gasteiger partial charge in [0.15, 0.2) is 14.8 Å². The maximum atomic E-state index is 12.4. The second kappa shape index (κ2) is 9.33. The van der Waals surface area contributed by atoms with Gasteiger partial charge in [0.2, 0.25) is 5.91 Å².